The van der Waals surface area contributed by atoms with Gasteiger partial charge in [0.15, 0.2) is 0 Å². The molecular weight excluding hydrogens is 249 g/mol. The Labute approximate surface area is 107 Å². The largest absolute Gasteiger partial charge is 0.334 e. The van der Waals surface area contributed by atoms with Gasteiger partial charge < -0.3 is 4.72 Å². The van der Waals surface area contributed by atoms with Crippen molar-refractivity contribution in [1.82, 2.24) is 4.72 Å². The molecule has 0 aromatic rings. The molecule has 4 heteroatoms. The maximum absolute atomic E-state index is 5.65. The minimum Gasteiger partial charge on any atom is -0.334 e. The van der Waals surface area contributed by atoms with Crippen molar-refractivity contribution >= 4 is 35.1 Å². The van der Waals surface area contributed by atoms with E-state index in [0.29, 0.717) is 0 Å². The van der Waals surface area contributed by atoms with Crippen LogP contribution in [0.1, 0.15) is 44.9 Å². The minimum absolute atomic E-state index is 0.171. The van der Waals surface area contributed by atoms with Crippen LogP contribution in [0, 0.1) is 0 Å². The molecule has 0 saturated carbocycles. The highest BCUT2D eigenvalue weighted by atomic mass is 35.5. The maximum atomic E-state index is 5.65. The number of alkyl halides is 2. The molecule has 0 spiro atoms. The lowest BCUT2D eigenvalue weighted by Crippen LogP contribution is -1.96. The number of allylic oxidation sites excluding steroid dienone is 1. The molecule has 0 saturated heterocycles. The molecule has 0 unspecified atom stereocenters. The van der Waals surface area contributed by atoms with Gasteiger partial charge in [-0.1, -0.05) is 31.8 Å². The van der Waals surface area contributed by atoms with E-state index < -0.39 is 0 Å². The summed E-state index contributed by atoms with van der Waals surface area (Å²) in [7, 11) is 0. The highest BCUT2D eigenvalue weighted by Crippen LogP contribution is 2.18. The van der Waals surface area contributed by atoms with Gasteiger partial charge in [0.1, 0.15) is 4.84 Å². The number of rotatable bonds is 8. The monoisotopic (exact) mass is 267 g/mol. The second kappa shape index (κ2) is 8.60. The molecule has 0 aromatic carbocycles. The van der Waals surface area contributed by atoms with E-state index in [0.717, 1.165) is 18.6 Å². The first-order valence-electron chi connectivity index (χ1n) is 5.64. The van der Waals surface area contributed by atoms with E-state index in [9.17, 15) is 0 Å². The normalized spacial score (nSPS) is 15.5. The quantitative estimate of drug-likeness (QED) is 0.390. The molecule has 0 amide bonds. The van der Waals surface area contributed by atoms with Gasteiger partial charge in [-0.25, -0.2) is 0 Å². The molecule has 0 radical (unpaired) electrons. The summed E-state index contributed by atoms with van der Waals surface area (Å²) < 4.78 is 3.32. The van der Waals surface area contributed by atoms with Gasteiger partial charge in [0.2, 0.25) is 0 Å². The fourth-order valence-electron chi connectivity index (χ4n) is 1.62. The van der Waals surface area contributed by atoms with Crippen LogP contribution < -0.4 is 4.72 Å². The van der Waals surface area contributed by atoms with Crippen LogP contribution in [0.3, 0.4) is 0 Å². The van der Waals surface area contributed by atoms with E-state index in [1.165, 1.54) is 37.8 Å². The lowest BCUT2D eigenvalue weighted by atomic mass is 10.1. The van der Waals surface area contributed by atoms with Gasteiger partial charge in [0.25, 0.3) is 0 Å². The highest BCUT2D eigenvalue weighted by molar-refractivity contribution is 7.97. The topological polar surface area (TPSA) is 12.0 Å². The molecule has 0 fully saturated rings. The van der Waals surface area contributed by atoms with Crippen LogP contribution in [0.25, 0.3) is 0 Å². The maximum Gasteiger partial charge on any atom is 0.107 e. The molecule has 88 valence electrons. The summed E-state index contributed by atoms with van der Waals surface area (Å²) >= 11 is 13.1. The number of hydrogen-bond acceptors (Lipinski definition) is 2. The van der Waals surface area contributed by atoms with Crippen molar-refractivity contribution < 1.29 is 0 Å². The lowest BCUT2D eigenvalue weighted by molar-refractivity contribution is 0.601. The summed E-state index contributed by atoms with van der Waals surface area (Å²) in [6, 6.07) is 0. The van der Waals surface area contributed by atoms with E-state index in [1.807, 2.05) is 0 Å². The molecule has 1 aliphatic rings. The molecule has 0 bridgehead atoms. The Morgan fingerprint density at radius 2 is 1.93 bits per heavy atom. The van der Waals surface area contributed by atoms with Crippen LogP contribution >= 0.6 is 35.1 Å². The third kappa shape index (κ3) is 7.37. The van der Waals surface area contributed by atoms with Gasteiger partial charge in [-0.05, 0) is 31.2 Å². The van der Waals surface area contributed by atoms with E-state index in [4.69, 9.17) is 23.2 Å². The molecular formula is C11H19Cl2NS. The minimum atomic E-state index is -0.171. The van der Waals surface area contributed by atoms with Crippen LogP contribution in [0.5, 0.6) is 0 Å². The van der Waals surface area contributed by atoms with E-state index in [2.05, 4.69) is 10.8 Å². The summed E-state index contributed by atoms with van der Waals surface area (Å²) in [5.41, 5.74) is 1.42. The van der Waals surface area contributed by atoms with Crippen molar-refractivity contribution in [3.05, 3.63) is 11.8 Å². The van der Waals surface area contributed by atoms with Gasteiger partial charge in [-0.15, -0.1) is 23.2 Å². The van der Waals surface area contributed by atoms with Crippen LogP contribution in [0.2, 0.25) is 0 Å². The average Bonchev–Trinajstić information content (AvgIpc) is 2.68. The van der Waals surface area contributed by atoms with Crippen molar-refractivity contribution in [3.8, 4) is 0 Å². The zero-order valence-corrected chi connectivity index (χ0v) is 11.3. The van der Waals surface area contributed by atoms with Gasteiger partial charge in [-0.2, -0.15) is 0 Å². The van der Waals surface area contributed by atoms with Crippen LogP contribution in [-0.2, 0) is 0 Å². The first-order valence-corrected chi connectivity index (χ1v) is 7.50. The fraction of sp³-hybridized carbons (Fsp3) is 0.818. The number of halogens is 2. The third-order valence-electron chi connectivity index (χ3n) is 2.48. The molecule has 0 aromatic heterocycles. The molecule has 0 aliphatic carbocycles. The Kier molecular flexibility index (Phi) is 7.76. The third-order valence-corrected chi connectivity index (χ3v) is 3.66. The Hall–Kier alpha value is 0.470. The summed E-state index contributed by atoms with van der Waals surface area (Å²) in [6.45, 7) is 0. The van der Waals surface area contributed by atoms with Gasteiger partial charge >= 0.3 is 0 Å². The van der Waals surface area contributed by atoms with Crippen LogP contribution in [0.4, 0.5) is 0 Å². The number of nitrogens with one attached hydrogen (secondary N) is 1. The van der Waals surface area contributed by atoms with Gasteiger partial charge in [0, 0.05) is 11.4 Å². The molecule has 0 atom stereocenters. The second-order valence-corrected chi connectivity index (χ2v) is 5.94. The smallest absolute Gasteiger partial charge is 0.107 e. The lowest BCUT2D eigenvalue weighted by Gasteiger charge is -2.04. The van der Waals surface area contributed by atoms with Crippen molar-refractivity contribution in [1.29, 1.82) is 0 Å². The zero-order chi connectivity index (χ0) is 10.9. The first kappa shape index (κ1) is 13.5. The Morgan fingerprint density at radius 1 is 1.20 bits per heavy atom. The number of hydrogen-bond donors (Lipinski definition) is 1. The molecule has 1 rings (SSSR count). The van der Waals surface area contributed by atoms with E-state index >= 15 is 0 Å². The summed E-state index contributed by atoms with van der Waals surface area (Å²) in [4.78, 5) is -0.171. The fourth-order valence-corrected chi connectivity index (χ4v) is 2.66. The highest BCUT2D eigenvalue weighted by Gasteiger charge is 2.03. The van der Waals surface area contributed by atoms with E-state index in [-0.39, 0.29) is 4.84 Å². The van der Waals surface area contributed by atoms with Crippen molar-refractivity contribution in [2.75, 3.05) is 5.75 Å². The summed E-state index contributed by atoms with van der Waals surface area (Å²) in [5, 5.41) is 0. The second-order valence-electron chi connectivity index (χ2n) is 3.84. The Morgan fingerprint density at radius 3 is 2.60 bits per heavy atom. The number of unbranched alkanes of at least 4 members (excludes halogenated alkanes) is 4. The van der Waals surface area contributed by atoms with Crippen molar-refractivity contribution in [3.63, 3.8) is 0 Å². The van der Waals surface area contributed by atoms with E-state index in [1.54, 1.807) is 11.9 Å². The molecule has 1 nitrogen and oxygen atoms in total. The molecule has 1 aliphatic heterocycles. The Bertz CT molecular complexity index is 195. The van der Waals surface area contributed by atoms with Crippen LogP contribution in [0.15, 0.2) is 11.8 Å². The summed E-state index contributed by atoms with van der Waals surface area (Å²) in [5.74, 6) is 1.13. The first-order chi connectivity index (χ1) is 7.29. The van der Waals surface area contributed by atoms with Gasteiger partial charge in [-0.3, -0.25) is 0 Å². The zero-order valence-electron chi connectivity index (χ0n) is 8.98. The summed E-state index contributed by atoms with van der Waals surface area (Å²) in [6.07, 6.45) is 10.8. The SMILES string of the molecule is ClC(Cl)CCCCCCCC1=CCSN1. The standard InChI is InChI=1S/C11H19Cl2NS/c12-11(13)7-5-3-1-2-4-6-10-8-9-15-14-10/h8,11,14H,1-7,9H2. The molecule has 15 heavy (non-hydrogen) atoms. The van der Waals surface area contributed by atoms with Crippen LogP contribution in [-0.4, -0.2) is 10.6 Å². The molecule has 1 heterocycles. The Balaban J connectivity index is 1.81. The van der Waals surface area contributed by atoms with Gasteiger partial charge in [0.05, 0.1) is 0 Å². The average molecular weight is 268 g/mol. The predicted molar refractivity (Wildman–Crippen MR) is 71.5 cm³/mol. The van der Waals surface area contributed by atoms with Crippen molar-refractivity contribution in [2.24, 2.45) is 0 Å². The predicted octanol–water partition coefficient (Wildman–Crippen LogP) is 4.66. The van der Waals surface area contributed by atoms with Crippen molar-refractivity contribution in [2.45, 2.75) is 49.8 Å². The molecule has 1 N–H and O–H groups in total.